The molecule has 0 aliphatic carbocycles. The maximum Gasteiger partial charge on any atom is 0.338 e. The first-order valence-corrected chi connectivity index (χ1v) is 12.1. The van der Waals surface area contributed by atoms with Gasteiger partial charge in [0.25, 0.3) is 0 Å². The van der Waals surface area contributed by atoms with Gasteiger partial charge in [0.1, 0.15) is 11.6 Å². The van der Waals surface area contributed by atoms with E-state index in [2.05, 4.69) is 19.7 Å². The number of benzene rings is 3. The van der Waals surface area contributed by atoms with E-state index < -0.39 is 23.7 Å². The minimum Gasteiger partial charge on any atom is -0.423 e. The summed E-state index contributed by atoms with van der Waals surface area (Å²) in [6.07, 6.45) is 0. The standard InChI is InChI=1S/C32H29FO7/c1-18(2)30(34)38-27-13-12-23(14-24(27)17-37-7)21-8-10-22(11-9-21)25-15-28(39-31(35)19(3)4)29(16-26(25)33)40-32(36)20(5)6/h8-16H,1,3,5,17H2,2,4,6-7H3. The van der Waals surface area contributed by atoms with E-state index in [9.17, 15) is 14.4 Å². The average molecular weight is 545 g/mol. The van der Waals surface area contributed by atoms with Crippen molar-refractivity contribution >= 4 is 17.9 Å². The van der Waals surface area contributed by atoms with Crippen molar-refractivity contribution in [1.29, 1.82) is 0 Å². The summed E-state index contributed by atoms with van der Waals surface area (Å²) >= 11 is 0. The van der Waals surface area contributed by atoms with E-state index in [0.29, 0.717) is 16.9 Å². The molecule has 0 fully saturated rings. The Morgan fingerprint density at radius 1 is 0.650 bits per heavy atom. The van der Waals surface area contributed by atoms with E-state index >= 15 is 4.39 Å². The third-order valence-corrected chi connectivity index (χ3v) is 5.58. The summed E-state index contributed by atoms with van der Waals surface area (Å²) in [7, 11) is 1.53. The molecule has 0 spiro atoms. The van der Waals surface area contributed by atoms with Gasteiger partial charge < -0.3 is 18.9 Å². The van der Waals surface area contributed by atoms with Gasteiger partial charge in [-0.15, -0.1) is 0 Å². The van der Waals surface area contributed by atoms with Crippen LogP contribution in [0, 0.1) is 5.82 Å². The molecule has 0 heterocycles. The van der Waals surface area contributed by atoms with Crippen LogP contribution in [-0.2, 0) is 25.7 Å². The Balaban J connectivity index is 1.98. The minimum atomic E-state index is -0.794. The molecule has 0 saturated heterocycles. The normalized spacial score (nSPS) is 10.4. The average Bonchev–Trinajstić information content (AvgIpc) is 2.91. The largest absolute Gasteiger partial charge is 0.423 e. The summed E-state index contributed by atoms with van der Waals surface area (Å²) in [6.45, 7) is 15.3. The van der Waals surface area contributed by atoms with Crippen LogP contribution in [-0.4, -0.2) is 25.0 Å². The Labute approximate surface area is 232 Å². The van der Waals surface area contributed by atoms with Gasteiger partial charge in [-0.25, -0.2) is 18.8 Å². The number of carbonyl (C=O) groups excluding carboxylic acids is 3. The first kappa shape index (κ1) is 29.7. The quantitative estimate of drug-likeness (QED) is 0.158. The second kappa shape index (κ2) is 12.8. The number of esters is 3. The Hall–Kier alpha value is -4.82. The predicted molar refractivity (Wildman–Crippen MR) is 149 cm³/mol. The van der Waals surface area contributed by atoms with Crippen LogP contribution in [0.2, 0.25) is 0 Å². The number of carbonyl (C=O) groups is 3. The molecule has 206 valence electrons. The van der Waals surface area contributed by atoms with Gasteiger partial charge in [0.05, 0.1) is 6.61 Å². The fraction of sp³-hybridized carbons (Fsp3) is 0.156. The van der Waals surface area contributed by atoms with Crippen molar-refractivity contribution < 1.29 is 37.7 Å². The molecule has 0 aliphatic heterocycles. The molecule has 0 aromatic heterocycles. The number of rotatable bonds is 10. The molecule has 3 aromatic carbocycles. The third-order valence-electron chi connectivity index (χ3n) is 5.58. The highest BCUT2D eigenvalue weighted by Crippen LogP contribution is 2.37. The molecule has 40 heavy (non-hydrogen) atoms. The number of hydrogen-bond acceptors (Lipinski definition) is 7. The summed E-state index contributed by atoms with van der Waals surface area (Å²) in [6, 6.07) is 14.5. The highest BCUT2D eigenvalue weighted by Gasteiger charge is 2.20. The minimum absolute atomic E-state index is 0.0907. The highest BCUT2D eigenvalue weighted by atomic mass is 19.1. The second-order valence-corrected chi connectivity index (χ2v) is 9.12. The summed E-state index contributed by atoms with van der Waals surface area (Å²) < 4.78 is 36.4. The van der Waals surface area contributed by atoms with Crippen molar-refractivity contribution in [2.75, 3.05) is 7.11 Å². The van der Waals surface area contributed by atoms with Crippen molar-refractivity contribution in [3.05, 3.63) is 102 Å². The smallest absolute Gasteiger partial charge is 0.338 e. The number of ether oxygens (including phenoxy) is 4. The summed E-state index contributed by atoms with van der Waals surface area (Å²) in [5.41, 5.74) is 3.36. The SMILES string of the molecule is C=C(C)C(=O)Oc1ccc(-c2ccc(-c3cc(OC(=O)C(=C)C)c(OC(=O)C(=C)C)cc3F)cc2)cc1COC. The predicted octanol–water partition coefficient (Wildman–Crippen LogP) is 6.75. The topological polar surface area (TPSA) is 88.1 Å². The molecule has 0 atom stereocenters. The van der Waals surface area contributed by atoms with Gasteiger partial charge in [0, 0.05) is 41.0 Å². The lowest BCUT2D eigenvalue weighted by molar-refractivity contribution is -0.132. The lowest BCUT2D eigenvalue weighted by atomic mass is 9.98. The lowest BCUT2D eigenvalue weighted by Gasteiger charge is -2.14. The molecule has 0 saturated carbocycles. The number of hydrogen-bond donors (Lipinski definition) is 0. The highest BCUT2D eigenvalue weighted by molar-refractivity contribution is 5.92. The van der Waals surface area contributed by atoms with E-state index in [0.717, 1.165) is 17.2 Å². The molecule has 8 heteroatoms. The van der Waals surface area contributed by atoms with Gasteiger partial charge in [-0.1, -0.05) is 50.1 Å². The molecule has 3 aromatic rings. The first-order chi connectivity index (χ1) is 18.9. The monoisotopic (exact) mass is 544 g/mol. The van der Waals surface area contributed by atoms with Crippen molar-refractivity contribution in [2.24, 2.45) is 0 Å². The Bertz CT molecular complexity index is 1520. The van der Waals surface area contributed by atoms with Crippen molar-refractivity contribution in [2.45, 2.75) is 27.4 Å². The molecule has 7 nitrogen and oxygen atoms in total. The molecule has 0 amide bonds. The van der Waals surface area contributed by atoms with Crippen LogP contribution in [0.3, 0.4) is 0 Å². The van der Waals surface area contributed by atoms with E-state index in [1.54, 1.807) is 43.3 Å². The fourth-order valence-electron chi connectivity index (χ4n) is 3.45. The summed E-state index contributed by atoms with van der Waals surface area (Å²) in [5, 5.41) is 0. The first-order valence-electron chi connectivity index (χ1n) is 12.1. The molecular formula is C32H29FO7. The molecule has 0 N–H and O–H groups in total. The Morgan fingerprint density at radius 2 is 1.10 bits per heavy atom. The molecule has 0 bridgehead atoms. The zero-order chi connectivity index (χ0) is 29.6. The van der Waals surface area contributed by atoms with E-state index in [1.165, 1.54) is 27.0 Å². The molecule has 0 aliphatic rings. The summed E-state index contributed by atoms with van der Waals surface area (Å²) in [4.78, 5) is 36.2. The summed E-state index contributed by atoms with van der Waals surface area (Å²) in [5.74, 6) is -2.84. The van der Waals surface area contributed by atoms with Gasteiger partial charge >= 0.3 is 17.9 Å². The molecule has 0 radical (unpaired) electrons. The van der Waals surface area contributed by atoms with Crippen LogP contribution >= 0.6 is 0 Å². The lowest BCUT2D eigenvalue weighted by Crippen LogP contribution is -2.13. The maximum atomic E-state index is 15.2. The van der Waals surface area contributed by atoms with Crippen LogP contribution in [0.1, 0.15) is 26.3 Å². The van der Waals surface area contributed by atoms with Gasteiger partial charge in [-0.3, -0.25) is 0 Å². The zero-order valence-corrected chi connectivity index (χ0v) is 22.8. The van der Waals surface area contributed by atoms with Gasteiger partial charge in [0.15, 0.2) is 11.5 Å². The Morgan fingerprint density at radius 3 is 1.60 bits per heavy atom. The zero-order valence-electron chi connectivity index (χ0n) is 22.8. The molecular weight excluding hydrogens is 515 g/mol. The van der Waals surface area contributed by atoms with Gasteiger partial charge in [-0.05, 0) is 55.7 Å². The number of halogens is 1. The van der Waals surface area contributed by atoms with E-state index in [-0.39, 0.29) is 40.4 Å². The fourth-order valence-corrected chi connectivity index (χ4v) is 3.45. The van der Waals surface area contributed by atoms with E-state index in [1.807, 2.05) is 6.07 Å². The maximum absolute atomic E-state index is 15.2. The third kappa shape index (κ3) is 7.18. The van der Waals surface area contributed by atoms with Crippen LogP contribution in [0.4, 0.5) is 4.39 Å². The number of methoxy groups -OCH3 is 1. The van der Waals surface area contributed by atoms with Crippen LogP contribution in [0.5, 0.6) is 17.2 Å². The van der Waals surface area contributed by atoms with Crippen LogP contribution in [0.25, 0.3) is 22.3 Å². The molecule has 3 rings (SSSR count). The van der Waals surface area contributed by atoms with Crippen LogP contribution < -0.4 is 14.2 Å². The van der Waals surface area contributed by atoms with Crippen molar-refractivity contribution in [1.82, 2.24) is 0 Å². The Kier molecular flexibility index (Phi) is 9.53. The van der Waals surface area contributed by atoms with Gasteiger partial charge in [-0.2, -0.15) is 0 Å². The van der Waals surface area contributed by atoms with Gasteiger partial charge in [0.2, 0.25) is 0 Å². The second-order valence-electron chi connectivity index (χ2n) is 9.12. The molecule has 0 unspecified atom stereocenters. The van der Waals surface area contributed by atoms with Crippen LogP contribution in [0.15, 0.2) is 91.1 Å². The van der Waals surface area contributed by atoms with E-state index in [4.69, 9.17) is 18.9 Å². The van der Waals surface area contributed by atoms with Crippen molar-refractivity contribution in [3.8, 4) is 39.5 Å². The van der Waals surface area contributed by atoms with Crippen molar-refractivity contribution in [3.63, 3.8) is 0 Å².